The molecule has 0 saturated heterocycles. The highest BCUT2D eigenvalue weighted by atomic mass is 32.1. The van der Waals surface area contributed by atoms with E-state index in [2.05, 4.69) is 10.1 Å². The summed E-state index contributed by atoms with van der Waals surface area (Å²) in [4.78, 5) is 12.1. The number of nitrogens with one attached hydrogen (secondary N) is 1. The van der Waals surface area contributed by atoms with E-state index in [1.165, 1.54) is 12.1 Å². The zero-order chi connectivity index (χ0) is 15.5. The molecule has 0 saturated carbocycles. The number of amides is 1. The molecule has 114 valence electrons. The number of halogens is 4. The molecule has 0 aliphatic rings. The van der Waals surface area contributed by atoms with Crippen LogP contribution in [0.3, 0.4) is 0 Å². The zero-order valence-electron chi connectivity index (χ0n) is 10.7. The molecule has 0 aliphatic carbocycles. The minimum atomic E-state index is -4.38. The van der Waals surface area contributed by atoms with Crippen molar-refractivity contribution in [3.05, 3.63) is 35.0 Å². The number of alkyl halides is 3. The van der Waals surface area contributed by atoms with Crippen molar-refractivity contribution in [2.24, 2.45) is 0 Å². The van der Waals surface area contributed by atoms with E-state index in [4.69, 9.17) is 0 Å². The standard InChI is InChI=1S/C13H11F4NO2S/c14-9-2-1-3-10-8(9)6-11(21-10)12(19)18-4-5-20-7-13(15,16)17/h1-3,6H,4-5,7H2,(H,18,19). The summed E-state index contributed by atoms with van der Waals surface area (Å²) in [6.07, 6.45) is -4.38. The number of carbonyl (C=O) groups excluding carboxylic acids is 1. The first kappa shape index (κ1) is 15.7. The molecule has 1 amide bonds. The van der Waals surface area contributed by atoms with Crippen LogP contribution in [0.4, 0.5) is 17.6 Å². The van der Waals surface area contributed by atoms with Crippen molar-refractivity contribution >= 4 is 27.3 Å². The van der Waals surface area contributed by atoms with Crippen molar-refractivity contribution in [3.63, 3.8) is 0 Å². The van der Waals surface area contributed by atoms with Crippen molar-refractivity contribution in [1.82, 2.24) is 5.32 Å². The highest BCUT2D eigenvalue weighted by Crippen LogP contribution is 2.27. The number of hydrogen-bond donors (Lipinski definition) is 1. The number of benzene rings is 1. The lowest BCUT2D eigenvalue weighted by Crippen LogP contribution is -2.28. The van der Waals surface area contributed by atoms with Crippen LogP contribution in [0.1, 0.15) is 9.67 Å². The van der Waals surface area contributed by atoms with Gasteiger partial charge in [0.05, 0.1) is 11.5 Å². The normalized spacial score (nSPS) is 11.8. The van der Waals surface area contributed by atoms with E-state index in [1.54, 1.807) is 12.1 Å². The van der Waals surface area contributed by atoms with Crippen LogP contribution in [0.5, 0.6) is 0 Å². The molecule has 1 aromatic heterocycles. The van der Waals surface area contributed by atoms with Gasteiger partial charge in [0.1, 0.15) is 12.4 Å². The minimum absolute atomic E-state index is 0.0500. The van der Waals surface area contributed by atoms with Gasteiger partial charge in [-0.1, -0.05) is 6.07 Å². The Morgan fingerprint density at radius 2 is 2.10 bits per heavy atom. The average molecular weight is 321 g/mol. The highest BCUT2D eigenvalue weighted by molar-refractivity contribution is 7.20. The second kappa shape index (κ2) is 6.40. The van der Waals surface area contributed by atoms with Crippen molar-refractivity contribution in [1.29, 1.82) is 0 Å². The van der Waals surface area contributed by atoms with Crippen LogP contribution < -0.4 is 5.32 Å². The third-order valence-corrected chi connectivity index (χ3v) is 3.63. The summed E-state index contributed by atoms with van der Waals surface area (Å²) in [5, 5.41) is 2.77. The van der Waals surface area contributed by atoms with E-state index in [0.717, 1.165) is 11.3 Å². The Labute approximate surface area is 121 Å². The molecule has 1 heterocycles. The molecule has 0 radical (unpaired) electrons. The SMILES string of the molecule is O=C(NCCOCC(F)(F)F)c1cc2c(F)cccc2s1. The molecule has 1 aromatic carbocycles. The van der Waals surface area contributed by atoms with Gasteiger partial charge in [-0.25, -0.2) is 4.39 Å². The number of thiophene rings is 1. The van der Waals surface area contributed by atoms with Gasteiger partial charge >= 0.3 is 6.18 Å². The molecule has 2 rings (SSSR count). The summed E-state index contributed by atoms with van der Waals surface area (Å²) in [6.45, 7) is -1.65. The molecule has 0 aliphatic heterocycles. The quantitative estimate of drug-likeness (QED) is 0.677. The van der Waals surface area contributed by atoms with Crippen LogP contribution in [0.25, 0.3) is 10.1 Å². The minimum Gasteiger partial charge on any atom is -0.370 e. The van der Waals surface area contributed by atoms with E-state index in [1.807, 2.05) is 0 Å². The van der Waals surface area contributed by atoms with Crippen LogP contribution in [0.15, 0.2) is 24.3 Å². The van der Waals surface area contributed by atoms with Crippen LogP contribution in [-0.4, -0.2) is 31.8 Å². The van der Waals surface area contributed by atoms with E-state index >= 15 is 0 Å². The summed E-state index contributed by atoms with van der Waals surface area (Å²) in [7, 11) is 0. The Hall–Kier alpha value is -1.67. The number of hydrogen-bond acceptors (Lipinski definition) is 3. The molecular formula is C13H11F4NO2S. The molecule has 0 spiro atoms. The van der Waals surface area contributed by atoms with Gasteiger partial charge in [0.25, 0.3) is 5.91 Å². The Morgan fingerprint density at radius 3 is 2.76 bits per heavy atom. The Balaban J connectivity index is 1.86. The predicted octanol–water partition coefficient (Wildman–Crippen LogP) is 3.35. The van der Waals surface area contributed by atoms with Gasteiger partial charge in [0.2, 0.25) is 0 Å². The first-order valence-electron chi connectivity index (χ1n) is 5.97. The van der Waals surface area contributed by atoms with E-state index < -0.39 is 24.5 Å². The Kier molecular flexibility index (Phi) is 4.79. The lowest BCUT2D eigenvalue weighted by atomic mass is 10.2. The Morgan fingerprint density at radius 1 is 1.33 bits per heavy atom. The second-order valence-electron chi connectivity index (χ2n) is 4.19. The molecule has 0 unspecified atom stereocenters. The summed E-state index contributed by atoms with van der Waals surface area (Å²) < 4.78 is 53.9. The van der Waals surface area contributed by atoms with Gasteiger partial charge in [0, 0.05) is 16.6 Å². The lowest BCUT2D eigenvalue weighted by molar-refractivity contribution is -0.173. The van der Waals surface area contributed by atoms with Crippen LogP contribution >= 0.6 is 11.3 Å². The van der Waals surface area contributed by atoms with Gasteiger partial charge in [-0.3, -0.25) is 4.79 Å². The molecule has 0 atom stereocenters. The van der Waals surface area contributed by atoms with E-state index in [0.29, 0.717) is 15.0 Å². The number of rotatable bonds is 5. The third-order valence-electron chi connectivity index (χ3n) is 2.53. The van der Waals surface area contributed by atoms with Gasteiger partial charge in [-0.05, 0) is 18.2 Å². The third kappa shape index (κ3) is 4.40. The molecular weight excluding hydrogens is 310 g/mol. The zero-order valence-corrected chi connectivity index (χ0v) is 11.5. The van der Waals surface area contributed by atoms with Gasteiger partial charge in [-0.15, -0.1) is 11.3 Å². The fourth-order valence-corrected chi connectivity index (χ4v) is 2.64. The number of ether oxygens (including phenoxy) is 1. The topological polar surface area (TPSA) is 38.3 Å². The number of carbonyl (C=O) groups is 1. The summed E-state index contributed by atoms with van der Waals surface area (Å²) in [5.41, 5.74) is 0. The van der Waals surface area contributed by atoms with Crippen molar-refractivity contribution < 1.29 is 27.1 Å². The highest BCUT2D eigenvalue weighted by Gasteiger charge is 2.27. The molecule has 8 heteroatoms. The second-order valence-corrected chi connectivity index (χ2v) is 5.27. The van der Waals surface area contributed by atoms with Crippen molar-refractivity contribution in [3.8, 4) is 0 Å². The van der Waals surface area contributed by atoms with Crippen LogP contribution in [0, 0.1) is 5.82 Å². The van der Waals surface area contributed by atoms with Gasteiger partial charge in [0.15, 0.2) is 0 Å². The maximum atomic E-state index is 13.5. The molecule has 1 N–H and O–H groups in total. The molecule has 3 nitrogen and oxygen atoms in total. The Bertz CT molecular complexity index is 639. The maximum Gasteiger partial charge on any atom is 0.411 e. The monoisotopic (exact) mass is 321 g/mol. The van der Waals surface area contributed by atoms with E-state index in [9.17, 15) is 22.4 Å². The first-order chi connectivity index (χ1) is 9.87. The van der Waals surface area contributed by atoms with E-state index in [-0.39, 0.29) is 13.2 Å². The van der Waals surface area contributed by atoms with Gasteiger partial charge in [-0.2, -0.15) is 13.2 Å². The van der Waals surface area contributed by atoms with Crippen LogP contribution in [-0.2, 0) is 4.74 Å². The summed E-state index contributed by atoms with van der Waals surface area (Å²) in [6, 6.07) is 5.94. The first-order valence-corrected chi connectivity index (χ1v) is 6.79. The molecule has 0 fully saturated rings. The summed E-state index contributed by atoms with van der Waals surface area (Å²) >= 11 is 1.11. The fourth-order valence-electron chi connectivity index (χ4n) is 1.65. The number of fused-ring (bicyclic) bond motifs is 1. The maximum absolute atomic E-state index is 13.5. The molecule has 21 heavy (non-hydrogen) atoms. The van der Waals surface area contributed by atoms with Crippen molar-refractivity contribution in [2.45, 2.75) is 6.18 Å². The largest absolute Gasteiger partial charge is 0.411 e. The molecule has 2 aromatic rings. The lowest BCUT2D eigenvalue weighted by Gasteiger charge is -2.07. The van der Waals surface area contributed by atoms with Crippen molar-refractivity contribution in [2.75, 3.05) is 19.8 Å². The smallest absolute Gasteiger partial charge is 0.370 e. The predicted molar refractivity (Wildman–Crippen MR) is 71.0 cm³/mol. The molecule has 0 bridgehead atoms. The summed E-state index contributed by atoms with van der Waals surface area (Å²) in [5.74, 6) is -0.887. The van der Waals surface area contributed by atoms with Crippen LogP contribution in [0.2, 0.25) is 0 Å². The van der Waals surface area contributed by atoms with Gasteiger partial charge < -0.3 is 10.1 Å². The average Bonchev–Trinajstić information content (AvgIpc) is 2.82. The fraction of sp³-hybridized carbons (Fsp3) is 0.308.